The van der Waals surface area contributed by atoms with Gasteiger partial charge in [-0.1, -0.05) is 30.3 Å². The van der Waals surface area contributed by atoms with Crippen LogP contribution in [0.2, 0.25) is 0 Å². The van der Waals surface area contributed by atoms with Crippen LogP contribution in [-0.2, 0) is 20.7 Å². The smallest absolute Gasteiger partial charge is 0.255 e. The molecule has 1 heterocycles. The Balaban J connectivity index is 1.45. The van der Waals surface area contributed by atoms with E-state index in [-0.39, 0.29) is 5.91 Å². The molecule has 1 aliphatic rings. The van der Waals surface area contributed by atoms with E-state index in [1.54, 1.807) is 0 Å². The molecule has 0 saturated carbocycles. The van der Waals surface area contributed by atoms with Crippen molar-refractivity contribution in [2.75, 3.05) is 37.0 Å². The Morgan fingerprint density at radius 3 is 2.46 bits per heavy atom. The van der Waals surface area contributed by atoms with E-state index in [1.165, 1.54) is 5.56 Å². The van der Waals surface area contributed by atoms with Crippen molar-refractivity contribution in [3.63, 3.8) is 0 Å². The minimum atomic E-state index is -0.526. The van der Waals surface area contributed by atoms with Gasteiger partial charge in [0.1, 0.15) is 0 Å². The van der Waals surface area contributed by atoms with Gasteiger partial charge in [0, 0.05) is 17.9 Å². The molecule has 0 radical (unpaired) electrons. The van der Waals surface area contributed by atoms with Gasteiger partial charge >= 0.3 is 0 Å². The molecule has 0 spiro atoms. The zero-order valence-corrected chi connectivity index (χ0v) is 13.5. The van der Waals surface area contributed by atoms with Crippen LogP contribution in [-0.4, -0.2) is 38.4 Å². The van der Waals surface area contributed by atoms with Gasteiger partial charge in [0.05, 0.1) is 19.8 Å². The molecule has 0 aromatic heterocycles. The summed E-state index contributed by atoms with van der Waals surface area (Å²) in [6.45, 7) is 2.18. The fraction of sp³-hybridized carbons (Fsp3) is 0.316. The van der Waals surface area contributed by atoms with Crippen LogP contribution in [0.5, 0.6) is 0 Å². The standard InChI is InChI=1S/C19H22N2O3/c22-19(18-14-23-12-13-24-18)21-17-8-6-16(7-9-17)20-11-10-15-4-2-1-3-5-15/h1-9,18,20H,10-14H2,(H,21,22)/t18-/m0/s1. The Kier molecular flexibility index (Phi) is 5.82. The molecule has 0 unspecified atom stereocenters. The fourth-order valence-electron chi connectivity index (χ4n) is 2.53. The van der Waals surface area contributed by atoms with Crippen molar-refractivity contribution in [3.05, 3.63) is 60.2 Å². The van der Waals surface area contributed by atoms with Crippen LogP contribution in [0.4, 0.5) is 11.4 Å². The maximum absolute atomic E-state index is 12.0. The molecule has 1 amide bonds. The molecule has 1 fully saturated rings. The molecule has 2 aromatic rings. The molecule has 5 heteroatoms. The number of hydrogen-bond acceptors (Lipinski definition) is 4. The number of anilines is 2. The molecule has 1 saturated heterocycles. The van der Waals surface area contributed by atoms with Crippen LogP contribution in [0.15, 0.2) is 54.6 Å². The SMILES string of the molecule is O=C(Nc1ccc(NCCc2ccccc2)cc1)[C@@H]1COCCO1. The number of rotatable bonds is 6. The number of amides is 1. The first-order valence-corrected chi connectivity index (χ1v) is 8.19. The van der Waals surface area contributed by atoms with Crippen molar-refractivity contribution in [1.82, 2.24) is 0 Å². The van der Waals surface area contributed by atoms with Crippen molar-refractivity contribution in [2.24, 2.45) is 0 Å². The van der Waals surface area contributed by atoms with Crippen LogP contribution in [0.1, 0.15) is 5.56 Å². The molecule has 1 aliphatic heterocycles. The molecule has 1 atom stereocenters. The van der Waals surface area contributed by atoms with E-state index in [1.807, 2.05) is 42.5 Å². The van der Waals surface area contributed by atoms with Crippen molar-refractivity contribution in [3.8, 4) is 0 Å². The zero-order chi connectivity index (χ0) is 16.6. The summed E-state index contributed by atoms with van der Waals surface area (Å²) in [7, 11) is 0. The molecule has 5 nitrogen and oxygen atoms in total. The van der Waals surface area contributed by atoms with Crippen LogP contribution < -0.4 is 10.6 Å². The normalized spacial score (nSPS) is 17.2. The largest absolute Gasteiger partial charge is 0.385 e. The predicted molar refractivity (Wildman–Crippen MR) is 94.3 cm³/mol. The van der Waals surface area contributed by atoms with Gasteiger partial charge in [0.25, 0.3) is 5.91 Å². The summed E-state index contributed by atoms with van der Waals surface area (Å²) in [5, 5.41) is 6.23. The second-order valence-electron chi connectivity index (χ2n) is 5.66. The number of nitrogens with one attached hydrogen (secondary N) is 2. The number of hydrogen-bond donors (Lipinski definition) is 2. The lowest BCUT2D eigenvalue weighted by Gasteiger charge is -2.22. The highest BCUT2D eigenvalue weighted by atomic mass is 16.6. The lowest BCUT2D eigenvalue weighted by molar-refractivity contribution is -0.142. The summed E-state index contributed by atoms with van der Waals surface area (Å²) in [6, 6.07) is 18.0. The summed E-state index contributed by atoms with van der Waals surface area (Å²) in [6.07, 6.45) is 0.445. The highest BCUT2D eigenvalue weighted by Crippen LogP contribution is 2.15. The van der Waals surface area contributed by atoms with E-state index in [4.69, 9.17) is 9.47 Å². The maximum Gasteiger partial charge on any atom is 0.255 e. The van der Waals surface area contributed by atoms with E-state index < -0.39 is 6.10 Å². The van der Waals surface area contributed by atoms with Crippen LogP contribution in [0, 0.1) is 0 Å². The number of carbonyl (C=O) groups is 1. The molecule has 126 valence electrons. The van der Waals surface area contributed by atoms with Crippen LogP contribution >= 0.6 is 0 Å². The van der Waals surface area contributed by atoms with Crippen molar-refractivity contribution in [2.45, 2.75) is 12.5 Å². The third kappa shape index (κ3) is 4.81. The highest BCUT2D eigenvalue weighted by molar-refractivity contribution is 5.94. The summed E-state index contributed by atoms with van der Waals surface area (Å²) < 4.78 is 10.6. The van der Waals surface area contributed by atoms with Crippen molar-refractivity contribution < 1.29 is 14.3 Å². The lowest BCUT2D eigenvalue weighted by atomic mass is 10.1. The van der Waals surface area contributed by atoms with Gasteiger partial charge in [-0.15, -0.1) is 0 Å². The van der Waals surface area contributed by atoms with E-state index in [0.717, 1.165) is 24.3 Å². The van der Waals surface area contributed by atoms with Crippen LogP contribution in [0.25, 0.3) is 0 Å². The van der Waals surface area contributed by atoms with E-state index in [2.05, 4.69) is 22.8 Å². The second-order valence-corrected chi connectivity index (χ2v) is 5.66. The van der Waals surface area contributed by atoms with Crippen molar-refractivity contribution >= 4 is 17.3 Å². The van der Waals surface area contributed by atoms with Gasteiger partial charge in [0.2, 0.25) is 0 Å². The third-order valence-corrected chi connectivity index (χ3v) is 3.85. The fourth-order valence-corrected chi connectivity index (χ4v) is 2.53. The minimum absolute atomic E-state index is 0.167. The maximum atomic E-state index is 12.0. The summed E-state index contributed by atoms with van der Waals surface area (Å²) in [4.78, 5) is 12.0. The number of ether oxygens (including phenoxy) is 2. The minimum Gasteiger partial charge on any atom is -0.385 e. The van der Waals surface area contributed by atoms with E-state index in [0.29, 0.717) is 19.8 Å². The van der Waals surface area contributed by atoms with Gasteiger partial charge < -0.3 is 20.1 Å². The molecular weight excluding hydrogens is 304 g/mol. The first-order chi connectivity index (χ1) is 11.8. The summed E-state index contributed by atoms with van der Waals surface area (Å²) in [5.41, 5.74) is 3.09. The van der Waals surface area contributed by atoms with Crippen LogP contribution in [0.3, 0.4) is 0 Å². The summed E-state index contributed by atoms with van der Waals surface area (Å²) in [5.74, 6) is -0.167. The molecule has 2 aromatic carbocycles. The molecule has 3 rings (SSSR count). The molecule has 24 heavy (non-hydrogen) atoms. The van der Waals surface area contributed by atoms with Crippen molar-refractivity contribution in [1.29, 1.82) is 0 Å². The topological polar surface area (TPSA) is 59.6 Å². The highest BCUT2D eigenvalue weighted by Gasteiger charge is 2.22. The number of benzene rings is 2. The quantitative estimate of drug-likeness (QED) is 0.857. The van der Waals surface area contributed by atoms with Gasteiger partial charge in [-0.2, -0.15) is 0 Å². The average molecular weight is 326 g/mol. The van der Waals surface area contributed by atoms with E-state index in [9.17, 15) is 4.79 Å². The van der Waals surface area contributed by atoms with Gasteiger partial charge in [-0.05, 0) is 36.2 Å². The second kappa shape index (κ2) is 8.47. The molecule has 0 bridgehead atoms. The predicted octanol–water partition coefficient (Wildman–Crippen LogP) is 2.70. The first-order valence-electron chi connectivity index (χ1n) is 8.19. The Bertz CT molecular complexity index is 637. The molecule has 2 N–H and O–H groups in total. The summed E-state index contributed by atoms with van der Waals surface area (Å²) >= 11 is 0. The average Bonchev–Trinajstić information content (AvgIpc) is 2.65. The Labute approximate surface area is 142 Å². The Hall–Kier alpha value is -2.37. The zero-order valence-electron chi connectivity index (χ0n) is 13.5. The third-order valence-electron chi connectivity index (χ3n) is 3.85. The van der Waals surface area contributed by atoms with Gasteiger partial charge in [0.15, 0.2) is 6.10 Å². The lowest BCUT2D eigenvalue weighted by Crippen LogP contribution is -2.39. The first kappa shape index (κ1) is 16.5. The number of carbonyl (C=O) groups excluding carboxylic acids is 1. The molecule has 0 aliphatic carbocycles. The Morgan fingerprint density at radius 2 is 1.75 bits per heavy atom. The van der Waals surface area contributed by atoms with Gasteiger partial charge in [-0.3, -0.25) is 4.79 Å². The molecular formula is C19H22N2O3. The monoisotopic (exact) mass is 326 g/mol. The van der Waals surface area contributed by atoms with Gasteiger partial charge in [-0.25, -0.2) is 0 Å². The van der Waals surface area contributed by atoms with E-state index >= 15 is 0 Å². The Morgan fingerprint density at radius 1 is 1.00 bits per heavy atom.